The van der Waals surface area contributed by atoms with Crippen molar-refractivity contribution in [3.05, 3.63) is 22.5 Å². The summed E-state index contributed by atoms with van der Waals surface area (Å²) in [7, 11) is -1.44. The largest absolute Gasteiger partial charge is 0.319 e. The van der Waals surface area contributed by atoms with Crippen LogP contribution in [0.5, 0.6) is 0 Å². The molecule has 1 saturated carbocycles. The molecule has 0 unspecified atom stereocenters. The van der Waals surface area contributed by atoms with Crippen molar-refractivity contribution in [1.29, 1.82) is 0 Å². The van der Waals surface area contributed by atoms with Gasteiger partial charge in [0.2, 0.25) is 0 Å². The molecule has 3 rings (SSSR count). The van der Waals surface area contributed by atoms with Gasteiger partial charge >= 0.3 is 0 Å². The van der Waals surface area contributed by atoms with Gasteiger partial charge in [-0.1, -0.05) is 6.92 Å². The maximum Gasteiger partial charge on any atom is 0.252 e. The molecule has 0 aliphatic heterocycles. The fourth-order valence-electron chi connectivity index (χ4n) is 3.79. The van der Waals surface area contributed by atoms with E-state index < -0.39 is 10.0 Å². The molecule has 0 saturated heterocycles. The predicted octanol–water partition coefficient (Wildman–Crippen LogP) is 4.22. The van der Waals surface area contributed by atoms with Gasteiger partial charge < -0.3 is 5.32 Å². The summed E-state index contributed by atoms with van der Waals surface area (Å²) in [5.74, 6) is 1.20. The molecule has 5 nitrogen and oxygen atoms in total. The van der Waals surface area contributed by atoms with Crippen LogP contribution >= 0.6 is 22.7 Å². The number of sulfonamides is 1. The molecule has 0 atom stereocenters. The molecule has 1 aliphatic rings. The number of aromatic nitrogens is 1. The van der Waals surface area contributed by atoms with Crippen molar-refractivity contribution in [3.63, 3.8) is 0 Å². The number of aryl methyl sites for hydroxylation is 1. The van der Waals surface area contributed by atoms with Crippen LogP contribution in [0.4, 0.5) is 0 Å². The molecular weight excluding hydrogens is 398 g/mol. The number of thiazole rings is 1. The molecule has 1 aliphatic carbocycles. The van der Waals surface area contributed by atoms with Crippen molar-refractivity contribution >= 4 is 32.7 Å². The third kappa shape index (κ3) is 4.98. The van der Waals surface area contributed by atoms with E-state index >= 15 is 0 Å². The Morgan fingerprint density at radius 1 is 1.22 bits per heavy atom. The minimum absolute atomic E-state index is 0.425. The lowest BCUT2D eigenvalue weighted by Gasteiger charge is -2.31. The van der Waals surface area contributed by atoms with Gasteiger partial charge in [0.25, 0.3) is 10.0 Å². The molecule has 1 N–H and O–H groups in total. The van der Waals surface area contributed by atoms with Gasteiger partial charge in [0.05, 0.1) is 15.6 Å². The van der Waals surface area contributed by atoms with E-state index in [2.05, 4.69) is 10.3 Å². The first-order valence-corrected chi connectivity index (χ1v) is 12.7. The fraction of sp³-hybridized carbons (Fsp3) is 0.632. The first-order valence-electron chi connectivity index (χ1n) is 9.61. The molecule has 2 aromatic rings. The second kappa shape index (κ2) is 9.13. The zero-order valence-corrected chi connectivity index (χ0v) is 18.7. The van der Waals surface area contributed by atoms with Crippen LogP contribution in [-0.4, -0.2) is 44.4 Å². The molecule has 0 radical (unpaired) electrons. The van der Waals surface area contributed by atoms with Crippen molar-refractivity contribution in [1.82, 2.24) is 14.6 Å². The molecule has 1 fully saturated rings. The quantitative estimate of drug-likeness (QED) is 0.685. The lowest BCUT2D eigenvalue weighted by Crippen LogP contribution is -2.36. The van der Waals surface area contributed by atoms with Gasteiger partial charge in [0.15, 0.2) is 0 Å². The molecule has 0 bridgehead atoms. The van der Waals surface area contributed by atoms with Crippen LogP contribution in [0.25, 0.3) is 10.6 Å². The lowest BCUT2D eigenvalue weighted by molar-refractivity contribution is 0.235. The van der Waals surface area contributed by atoms with Gasteiger partial charge in [-0.05, 0) is 70.2 Å². The summed E-state index contributed by atoms with van der Waals surface area (Å²) >= 11 is 2.91. The summed E-state index contributed by atoms with van der Waals surface area (Å²) in [5.41, 5.74) is 0.870. The highest BCUT2D eigenvalue weighted by Crippen LogP contribution is 2.34. The van der Waals surface area contributed by atoms with Crippen LogP contribution in [0.2, 0.25) is 0 Å². The third-order valence-electron chi connectivity index (χ3n) is 5.32. The molecule has 0 spiro atoms. The van der Waals surface area contributed by atoms with Gasteiger partial charge in [-0.25, -0.2) is 13.4 Å². The normalized spacial score (nSPS) is 21.0. The van der Waals surface area contributed by atoms with Gasteiger partial charge in [-0.2, -0.15) is 4.31 Å². The molecule has 27 heavy (non-hydrogen) atoms. The van der Waals surface area contributed by atoms with Crippen molar-refractivity contribution in [3.8, 4) is 10.6 Å². The summed E-state index contributed by atoms with van der Waals surface area (Å²) in [6.07, 6.45) is 4.61. The predicted molar refractivity (Wildman–Crippen MR) is 114 cm³/mol. The SMILES string of the molecule is CCN(C[C@H]1CC[C@H](CNC)CC1)S(=O)(=O)c1ccc(-c2csc(C)n2)s1. The van der Waals surface area contributed by atoms with E-state index in [0.717, 1.165) is 40.9 Å². The number of nitrogens with zero attached hydrogens (tertiary/aromatic N) is 2. The van der Waals surface area contributed by atoms with Crippen molar-refractivity contribution in [2.45, 2.75) is 43.7 Å². The minimum Gasteiger partial charge on any atom is -0.319 e. The monoisotopic (exact) mass is 427 g/mol. The summed E-state index contributed by atoms with van der Waals surface area (Å²) in [6.45, 7) is 6.11. The Morgan fingerprint density at radius 3 is 2.52 bits per heavy atom. The van der Waals surface area contributed by atoms with E-state index in [9.17, 15) is 8.42 Å². The van der Waals surface area contributed by atoms with Gasteiger partial charge in [-0.15, -0.1) is 22.7 Å². The maximum atomic E-state index is 13.2. The Kier molecular flexibility index (Phi) is 7.08. The van der Waals surface area contributed by atoms with Crippen LogP contribution in [-0.2, 0) is 10.0 Å². The molecule has 2 heterocycles. The summed E-state index contributed by atoms with van der Waals surface area (Å²) in [6, 6.07) is 3.61. The average molecular weight is 428 g/mol. The number of rotatable bonds is 8. The third-order valence-corrected chi connectivity index (χ3v) is 9.61. The van der Waals surface area contributed by atoms with E-state index in [0.29, 0.717) is 23.2 Å². The van der Waals surface area contributed by atoms with Crippen LogP contribution in [0, 0.1) is 18.8 Å². The average Bonchev–Trinajstić information content (AvgIpc) is 3.30. The van der Waals surface area contributed by atoms with E-state index in [-0.39, 0.29) is 0 Å². The Morgan fingerprint density at radius 2 is 1.93 bits per heavy atom. The number of nitrogens with one attached hydrogen (secondary N) is 1. The molecule has 0 amide bonds. The van der Waals surface area contributed by atoms with Crippen LogP contribution in [0.15, 0.2) is 21.7 Å². The first kappa shape index (κ1) is 20.9. The smallest absolute Gasteiger partial charge is 0.252 e. The van der Waals surface area contributed by atoms with E-state index in [1.807, 2.05) is 32.3 Å². The first-order chi connectivity index (χ1) is 12.9. The van der Waals surface area contributed by atoms with Crippen molar-refractivity contribution in [2.75, 3.05) is 26.7 Å². The number of hydrogen-bond acceptors (Lipinski definition) is 6. The number of thiophene rings is 1. The molecule has 150 valence electrons. The molecular formula is C19H29N3O2S3. The second-order valence-electron chi connectivity index (χ2n) is 7.27. The zero-order valence-electron chi connectivity index (χ0n) is 16.3. The Hall–Kier alpha value is -0.800. The number of hydrogen-bond donors (Lipinski definition) is 1. The summed E-state index contributed by atoms with van der Waals surface area (Å²) in [5, 5.41) is 6.24. The Balaban J connectivity index is 1.68. The van der Waals surface area contributed by atoms with Gasteiger partial charge in [-0.3, -0.25) is 0 Å². The van der Waals surface area contributed by atoms with Crippen molar-refractivity contribution in [2.24, 2.45) is 11.8 Å². The van der Waals surface area contributed by atoms with Crippen LogP contribution in [0.3, 0.4) is 0 Å². The lowest BCUT2D eigenvalue weighted by atomic mass is 9.82. The summed E-state index contributed by atoms with van der Waals surface area (Å²) < 4.78 is 28.4. The van der Waals surface area contributed by atoms with E-state index in [1.165, 1.54) is 24.2 Å². The standard InChI is InChI=1S/C19H29N3O2S3/c1-4-22(12-16-7-5-15(6-8-16)11-20-3)27(23,24)19-10-9-18(26-19)17-13-25-14(2)21-17/h9-10,13,15-16,20H,4-8,11-12H2,1-3H3/t15-,16-. The van der Waals surface area contributed by atoms with E-state index in [4.69, 9.17) is 0 Å². The van der Waals surface area contributed by atoms with Gasteiger partial charge in [0.1, 0.15) is 4.21 Å². The minimum atomic E-state index is -3.44. The van der Waals surface area contributed by atoms with E-state index in [1.54, 1.807) is 21.7 Å². The maximum absolute atomic E-state index is 13.2. The Bertz CT molecular complexity index is 836. The topological polar surface area (TPSA) is 62.3 Å². The Labute approximate surface area is 170 Å². The fourth-order valence-corrected chi connectivity index (χ4v) is 7.43. The molecule has 8 heteroatoms. The van der Waals surface area contributed by atoms with Crippen molar-refractivity contribution < 1.29 is 8.42 Å². The van der Waals surface area contributed by atoms with Crippen LogP contribution in [0.1, 0.15) is 37.6 Å². The molecule has 0 aromatic carbocycles. The highest BCUT2D eigenvalue weighted by molar-refractivity contribution is 7.91. The highest BCUT2D eigenvalue weighted by atomic mass is 32.2. The molecule has 2 aromatic heterocycles. The zero-order chi connectivity index (χ0) is 19.4. The summed E-state index contributed by atoms with van der Waals surface area (Å²) in [4.78, 5) is 5.39. The highest BCUT2D eigenvalue weighted by Gasteiger charge is 2.29. The van der Waals surface area contributed by atoms with Crippen LogP contribution < -0.4 is 5.32 Å². The second-order valence-corrected chi connectivity index (χ2v) is 11.6. The van der Waals surface area contributed by atoms with Gasteiger partial charge in [0, 0.05) is 18.5 Å².